The molecule has 2 saturated heterocycles. The van der Waals surface area contributed by atoms with E-state index in [1.54, 1.807) is 29.3 Å². The number of likely N-dealkylation sites (tertiary alicyclic amines) is 1. The fourth-order valence-electron chi connectivity index (χ4n) is 5.72. The molecule has 8 nitrogen and oxygen atoms in total. The van der Waals surface area contributed by atoms with Gasteiger partial charge in [0.1, 0.15) is 5.69 Å². The Balaban J connectivity index is 1.51. The number of aromatic nitrogens is 1. The molecule has 3 amide bonds. The minimum Gasteiger partial charge on any atom is -0.377 e. The third kappa shape index (κ3) is 3.66. The average Bonchev–Trinajstić information content (AvgIpc) is 2.82. The standard InChI is InChI=1S/C26H30N4O4/c1-17(2)30-24(32)20-8-4-3-7-19(20)22(23(31)28-18-15-34-16-18)26(30)10-13-29(14-11-26)25(33)21-9-5-6-12-27-21/h3-9,12,17-18,22H,10-11,13-16H2,1-2H3,(H,28,31). The van der Waals surface area contributed by atoms with Gasteiger partial charge in [-0.3, -0.25) is 19.4 Å². The van der Waals surface area contributed by atoms with Gasteiger partial charge in [0.2, 0.25) is 5.91 Å². The lowest BCUT2D eigenvalue weighted by Gasteiger charge is -2.56. The first-order valence-corrected chi connectivity index (χ1v) is 11.9. The highest BCUT2D eigenvalue weighted by atomic mass is 16.5. The van der Waals surface area contributed by atoms with Gasteiger partial charge in [-0.05, 0) is 50.5 Å². The molecule has 3 aliphatic rings. The fourth-order valence-corrected chi connectivity index (χ4v) is 5.72. The van der Waals surface area contributed by atoms with Crippen LogP contribution in [0, 0.1) is 0 Å². The van der Waals surface area contributed by atoms with E-state index in [2.05, 4.69) is 10.3 Å². The molecule has 1 N–H and O–H groups in total. The summed E-state index contributed by atoms with van der Waals surface area (Å²) in [7, 11) is 0. The molecular formula is C26H30N4O4. The van der Waals surface area contributed by atoms with Crippen molar-refractivity contribution in [1.29, 1.82) is 0 Å². The Morgan fingerprint density at radius 3 is 2.41 bits per heavy atom. The maximum absolute atomic E-state index is 13.8. The minimum absolute atomic E-state index is 0.00679. The number of carbonyl (C=O) groups excluding carboxylic acids is 3. The summed E-state index contributed by atoms with van der Waals surface area (Å²) in [5.41, 5.74) is 1.05. The van der Waals surface area contributed by atoms with Crippen molar-refractivity contribution >= 4 is 17.7 Å². The number of hydrogen-bond acceptors (Lipinski definition) is 5. The van der Waals surface area contributed by atoms with Gasteiger partial charge in [-0.15, -0.1) is 0 Å². The van der Waals surface area contributed by atoms with Gasteiger partial charge in [-0.1, -0.05) is 24.3 Å². The van der Waals surface area contributed by atoms with E-state index < -0.39 is 11.5 Å². The summed E-state index contributed by atoms with van der Waals surface area (Å²) in [6.07, 6.45) is 2.65. The monoisotopic (exact) mass is 462 g/mol. The first kappa shape index (κ1) is 22.5. The quantitative estimate of drug-likeness (QED) is 0.752. The van der Waals surface area contributed by atoms with Crippen LogP contribution >= 0.6 is 0 Å². The van der Waals surface area contributed by atoms with E-state index in [1.165, 1.54) is 0 Å². The number of pyridine rings is 1. The number of nitrogens with one attached hydrogen (secondary N) is 1. The molecule has 0 saturated carbocycles. The molecular weight excluding hydrogens is 432 g/mol. The predicted octanol–water partition coefficient (Wildman–Crippen LogP) is 2.22. The molecule has 1 unspecified atom stereocenters. The molecule has 1 atom stereocenters. The van der Waals surface area contributed by atoms with Crippen LogP contribution in [-0.4, -0.2) is 76.4 Å². The highest BCUT2D eigenvalue weighted by molar-refractivity contribution is 6.02. The zero-order valence-electron chi connectivity index (χ0n) is 19.6. The van der Waals surface area contributed by atoms with Crippen LogP contribution in [0.3, 0.4) is 0 Å². The van der Waals surface area contributed by atoms with Crippen LogP contribution in [0.1, 0.15) is 59.0 Å². The van der Waals surface area contributed by atoms with E-state index in [-0.39, 0.29) is 29.8 Å². The number of rotatable bonds is 4. The van der Waals surface area contributed by atoms with Gasteiger partial charge < -0.3 is 19.9 Å². The van der Waals surface area contributed by atoms with Crippen molar-refractivity contribution in [3.05, 3.63) is 65.5 Å². The lowest BCUT2D eigenvalue weighted by atomic mass is 9.66. The van der Waals surface area contributed by atoms with Crippen molar-refractivity contribution < 1.29 is 19.1 Å². The van der Waals surface area contributed by atoms with Crippen LogP contribution in [0.15, 0.2) is 48.7 Å². The number of carbonyl (C=O) groups is 3. The molecule has 0 bridgehead atoms. The number of ether oxygens (including phenoxy) is 1. The SMILES string of the molecule is CC(C)N1C(=O)c2ccccc2C(C(=O)NC2COC2)C12CCN(C(=O)c1ccccn1)CC2. The summed E-state index contributed by atoms with van der Waals surface area (Å²) in [5.74, 6) is -0.771. The Bertz CT molecular complexity index is 1090. The van der Waals surface area contributed by atoms with Gasteiger partial charge in [0.05, 0.1) is 30.7 Å². The van der Waals surface area contributed by atoms with Crippen LogP contribution in [0.2, 0.25) is 0 Å². The number of hydrogen-bond donors (Lipinski definition) is 1. The first-order chi connectivity index (χ1) is 16.4. The second-order valence-corrected chi connectivity index (χ2v) is 9.64. The van der Waals surface area contributed by atoms with E-state index in [9.17, 15) is 14.4 Å². The topological polar surface area (TPSA) is 91.8 Å². The molecule has 4 heterocycles. The number of fused-ring (bicyclic) bond motifs is 1. The Hall–Kier alpha value is -3.26. The molecule has 8 heteroatoms. The van der Waals surface area contributed by atoms with Crippen molar-refractivity contribution in [2.75, 3.05) is 26.3 Å². The molecule has 2 aromatic rings. The van der Waals surface area contributed by atoms with E-state index in [0.29, 0.717) is 50.4 Å². The maximum Gasteiger partial charge on any atom is 0.272 e. The van der Waals surface area contributed by atoms with Gasteiger partial charge >= 0.3 is 0 Å². The second-order valence-electron chi connectivity index (χ2n) is 9.64. The predicted molar refractivity (Wildman–Crippen MR) is 125 cm³/mol. The summed E-state index contributed by atoms with van der Waals surface area (Å²) >= 11 is 0. The smallest absolute Gasteiger partial charge is 0.272 e. The third-order valence-corrected chi connectivity index (χ3v) is 7.30. The second kappa shape index (κ2) is 8.83. The summed E-state index contributed by atoms with van der Waals surface area (Å²) in [5, 5.41) is 3.14. The molecule has 34 heavy (non-hydrogen) atoms. The van der Waals surface area contributed by atoms with E-state index in [1.807, 2.05) is 43.0 Å². The van der Waals surface area contributed by atoms with Crippen molar-refractivity contribution in [2.24, 2.45) is 0 Å². The zero-order chi connectivity index (χ0) is 23.9. The molecule has 5 rings (SSSR count). The fraction of sp³-hybridized carbons (Fsp3) is 0.462. The van der Waals surface area contributed by atoms with Gasteiger partial charge in [0.25, 0.3) is 11.8 Å². The Morgan fingerprint density at radius 2 is 1.79 bits per heavy atom. The van der Waals surface area contributed by atoms with E-state index in [0.717, 1.165) is 5.56 Å². The van der Waals surface area contributed by atoms with Gasteiger partial charge in [0.15, 0.2) is 0 Å². The normalized spacial score (nSPS) is 21.9. The molecule has 0 aliphatic carbocycles. The summed E-state index contributed by atoms with van der Waals surface area (Å²) < 4.78 is 5.26. The van der Waals surface area contributed by atoms with Crippen LogP contribution in [-0.2, 0) is 9.53 Å². The van der Waals surface area contributed by atoms with Crippen molar-refractivity contribution in [2.45, 2.75) is 50.2 Å². The summed E-state index contributed by atoms with van der Waals surface area (Å²) in [6.45, 7) is 5.90. The third-order valence-electron chi connectivity index (χ3n) is 7.30. The van der Waals surface area contributed by atoms with Crippen molar-refractivity contribution in [3.8, 4) is 0 Å². The molecule has 3 aliphatic heterocycles. The molecule has 1 aromatic carbocycles. The summed E-state index contributed by atoms with van der Waals surface area (Å²) in [4.78, 5) is 48.4. The molecule has 0 radical (unpaired) electrons. The molecule has 1 spiro atoms. The largest absolute Gasteiger partial charge is 0.377 e. The first-order valence-electron chi connectivity index (χ1n) is 11.9. The molecule has 1 aromatic heterocycles. The Morgan fingerprint density at radius 1 is 1.09 bits per heavy atom. The highest BCUT2D eigenvalue weighted by Gasteiger charge is 2.56. The van der Waals surface area contributed by atoms with Crippen molar-refractivity contribution in [3.63, 3.8) is 0 Å². The van der Waals surface area contributed by atoms with Crippen LogP contribution < -0.4 is 5.32 Å². The van der Waals surface area contributed by atoms with Crippen molar-refractivity contribution in [1.82, 2.24) is 20.1 Å². The summed E-state index contributed by atoms with van der Waals surface area (Å²) in [6, 6.07) is 12.6. The lowest BCUT2D eigenvalue weighted by Crippen LogP contribution is -2.68. The van der Waals surface area contributed by atoms with Crippen LogP contribution in [0.25, 0.3) is 0 Å². The van der Waals surface area contributed by atoms with Gasteiger partial charge in [-0.2, -0.15) is 0 Å². The number of piperidine rings is 1. The number of amides is 3. The Labute approximate surface area is 199 Å². The number of nitrogens with zero attached hydrogens (tertiary/aromatic N) is 3. The zero-order valence-corrected chi connectivity index (χ0v) is 19.6. The molecule has 178 valence electrons. The van der Waals surface area contributed by atoms with Crippen LogP contribution in [0.4, 0.5) is 0 Å². The van der Waals surface area contributed by atoms with E-state index in [4.69, 9.17) is 4.74 Å². The van der Waals surface area contributed by atoms with Gasteiger partial charge in [0, 0.05) is 30.9 Å². The van der Waals surface area contributed by atoms with E-state index >= 15 is 0 Å². The lowest BCUT2D eigenvalue weighted by molar-refractivity contribution is -0.132. The minimum atomic E-state index is -0.713. The Kier molecular flexibility index (Phi) is 5.85. The maximum atomic E-state index is 13.8. The highest BCUT2D eigenvalue weighted by Crippen LogP contribution is 2.48. The molecule has 2 fully saturated rings. The number of benzene rings is 1. The average molecular weight is 463 g/mol. The van der Waals surface area contributed by atoms with Gasteiger partial charge in [-0.25, -0.2) is 0 Å². The van der Waals surface area contributed by atoms with Crippen LogP contribution in [0.5, 0.6) is 0 Å².